The van der Waals surface area contributed by atoms with Crippen LogP contribution in [0.25, 0.3) is 0 Å². The number of carbonyl (C=O) groups is 2. The molecule has 0 saturated heterocycles. The van der Waals surface area contributed by atoms with Crippen molar-refractivity contribution in [3.05, 3.63) is 38.9 Å². The van der Waals surface area contributed by atoms with Crippen molar-refractivity contribution < 1.29 is 14.5 Å². The first-order valence-electron chi connectivity index (χ1n) is 5.26. The second-order valence-electron chi connectivity index (χ2n) is 4.24. The van der Waals surface area contributed by atoms with Crippen LogP contribution < -0.4 is 5.32 Å². The number of amides is 2. The smallest absolute Gasteiger partial charge is 0.273 e. The molecule has 0 unspecified atom stereocenters. The van der Waals surface area contributed by atoms with Gasteiger partial charge in [0.15, 0.2) is 0 Å². The van der Waals surface area contributed by atoms with Crippen LogP contribution in [0.4, 0.5) is 5.69 Å². The van der Waals surface area contributed by atoms with Crippen molar-refractivity contribution in [2.45, 2.75) is 18.8 Å². The van der Waals surface area contributed by atoms with Crippen LogP contribution in [-0.4, -0.2) is 16.7 Å². The molecule has 2 amide bonds. The zero-order chi connectivity index (χ0) is 12.2. The van der Waals surface area contributed by atoms with Crippen LogP contribution in [0.5, 0.6) is 0 Å². The van der Waals surface area contributed by atoms with E-state index < -0.39 is 16.7 Å². The largest absolute Gasteiger partial charge is 0.288 e. The lowest BCUT2D eigenvalue weighted by Crippen LogP contribution is -2.20. The van der Waals surface area contributed by atoms with Crippen LogP contribution in [0.2, 0.25) is 0 Å². The molecule has 1 aliphatic carbocycles. The fourth-order valence-corrected chi connectivity index (χ4v) is 2.22. The number of fused-ring (bicyclic) bond motifs is 1. The fraction of sp³-hybridized carbons (Fsp3) is 0.273. The third-order valence-electron chi connectivity index (χ3n) is 3.10. The molecule has 0 aromatic heterocycles. The number of nitro benzene ring substituents is 1. The molecule has 0 spiro atoms. The number of rotatable bonds is 2. The van der Waals surface area contributed by atoms with Crippen molar-refractivity contribution in [2.75, 3.05) is 0 Å². The van der Waals surface area contributed by atoms with Gasteiger partial charge in [-0.3, -0.25) is 25.0 Å². The topological polar surface area (TPSA) is 89.3 Å². The first kappa shape index (κ1) is 9.95. The van der Waals surface area contributed by atoms with E-state index in [1.165, 1.54) is 12.1 Å². The van der Waals surface area contributed by atoms with E-state index in [9.17, 15) is 19.7 Å². The monoisotopic (exact) mass is 232 g/mol. The lowest BCUT2D eigenvalue weighted by molar-refractivity contribution is -0.385. The van der Waals surface area contributed by atoms with Gasteiger partial charge < -0.3 is 0 Å². The Balaban J connectivity index is 2.30. The molecule has 0 atom stereocenters. The fourth-order valence-electron chi connectivity index (χ4n) is 2.22. The summed E-state index contributed by atoms with van der Waals surface area (Å²) in [5.74, 6) is -0.945. The van der Waals surface area contributed by atoms with Crippen LogP contribution in [0, 0.1) is 10.1 Å². The van der Waals surface area contributed by atoms with Gasteiger partial charge in [-0.1, -0.05) is 0 Å². The first-order chi connectivity index (χ1) is 8.09. The van der Waals surface area contributed by atoms with Gasteiger partial charge >= 0.3 is 0 Å². The van der Waals surface area contributed by atoms with Crippen LogP contribution in [-0.2, 0) is 0 Å². The minimum Gasteiger partial charge on any atom is -0.288 e. The lowest BCUT2D eigenvalue weighted by Gasteiger charge is -2.04. The van der Waals surface area contributed by atoms with E-state index in [1.807, 2.05) is 0 Å². The summed E-state index contributed by atoms with van der Waals surface area (Å²) in [7, 11) is 0. The molecule has 0 radical (unpaired) electrons. The van der Waals surface area contributed by atoms with Gasteiger partial charge in [0, 0.05) is 11.6 Å². The number of nitrogens with zero attached hydrogens (tertiary/aromatic N) is 1. The van der Waals surface area contributed by atoms with Gasteiger partial charge in [-0.2, -0.15) is 0 Å². The molecule has 1 heterocycles. The molecule has 1 N–H and O–H groups in total. The number of benzene rings is 1. The third kappa shape index (κ3) is 1.33. The number of carbonyl (C=O) groups excluding carboxylic acids is 2. The van der Waals surface area contributed by atoms with E-state index in [-0.39, 0.29) is 22.7 Å². The van der Waals surface area contributed by atoms with Crippen molar-refractivity contribution >= 4 is 17.5 Å². The Hall–Kier alpha value is -2.24. The lowest BCUT2D eigenvalue weighted by atomic mass is 9.97. The second kappa shape index (κ2) is 3.13. The summed E-state index contributed by atoms with van der Waals surface area (Å²) >= 11 is 0. The summed E-state index contributed by atoms with van der Waals surface area (Å²) < 4.78 is 0. The van der Waals surface area contributed by atoms with Crippen LogP contribution in [0.15, 0.2) is 12.1 Å². The van der Waals surface area contributed by atoms with Gasteiger partial charge in [0.1, 0.15) is 0 Å². The number of hydrogen-bond acceptors (Lipinski definition) is 4. The molecule has 6 heteroatoms. The Bertz CT molecular complexity index is 575. The van der Waals surface area contributed by atoms with E-state index in [4.69, 9.17) is 0 Å². The average Bonchev–Trinajstić information content (AvgIpc) is 3.06. The van der Waals surface area contributed by atoms with Gasteiger partial charge in [-0.25, -0.2) is 0 Å². The Kier molecular flexibility index (Phi) is 1.83. The maximum Gasteiger partial charge on any atom is 0.273 e. The molecule has 17 heavy (non-hydrogen) atoms. The van der Waals surface area contributed by atoms with Gasteiger partial charge in [-0.15, -0.1) is 0 Å². The van der Waals surface area contributed by atoms with Gasteiger partial charge in [-0.05, 0) is 24.8 Å². The Morgan fingerprint density at radius 2 is 1.94 bits per heavy atom. The van der Waals surface area contributed by atoms with E-state index >= 15 is 0 Å². The van der Waals surface area contributed by atoms with Crippen molar-refractivity contribution in [1.29, 1.82) is 0 Å². The number of nitro groups is 1. The van der Waals surface area contributed by atoms with Crippen LogP contribution in [0.3, 0.4) is 0 Å². The molecule has 1 aliphatic heterocycles. The highest BCUT2D eigenvalue weighted by Gasteiger charge is 2.40. The number of imide groups is 1. The second-order valence-corrected chi connectivity index (χ2v) is 4.24. The summed E-state index contributed by atoms with van der Waals surface area (Å²) in [6.45, 7) is 0. The summed E-state index contributed by atoms with van der Waals surface area (Å²) in [4.78, 5) is 33.5. The number of nitrogens with one attached hydrogen (secondary N) is 1. The predicted molar refractivity (Wildman–Crippen MR) is 56.9 cm³/mol. The normalized spacial score (nSPS) is 17.9. The summed E-state index contributed by atoms with van der Waals surface area (Å²) in [6.07, 6.45) is 1.66. The molecular weight excluding hydrogens is 224 g/mol. The molecule has 1 aromatic carbocycles. The van der Waals surface area contributed by atoms with E-state index in [0.29, 0.717) is 5.56 Å². The molecule has 6 nitrogen and oxygen atoms in total. The zero-order valence-corrected chi connectivity index (χ0v) is 8.73. The highest BCUT2D eigenvalue weighted by atomic mass is 16.6. The highest BCUT2D eigenvalue weighted by Crippen LogP contribution is 2.47. The van der Waals surface area contributed by atoms with Crippen LogP contribution in [0.1, 0.15) is 45.0 Å². The molecule has 2 aliphatic rings. The molecule has 1 fully saturated rings. The van der Waals surface area contributed by atoms with E-state index in [2.05, 4.69) is 5.32 Å². The SMILES string of the molecule is O=C1NC(=O)c2c1ccc([N+](=O)[O-])c2C1CC1. The summed E-state index contributed by atoms with van der Waals surface area (Å²) in [5, 5.41) is 13.1. The highest BCUT2D eigenvalue weighted by molar-refractivity contribution is 6.22. The average molecular weight is 232 g/mol. The maximum absolute atomic E-state index is 11.6. The Morgan fingerprint density at radius 1 is 1.24 bits per heavy atom. The summed E-state index contributed by atoms with van der Waals surface area (Å²) in [6, 6.07) is 2.66. The molecule has 86 valence electrons. The van der Waals surface area contributed by atoms with E-state index in [1.54, 1.807) is 0 Å². The number of hydrogen-bond donors (Lipinski definition) is 1. The van der Waals surface area contributed by atoms with Crippen molar-refractivity contribution in [3.63, 3.8) is 0 Å². The van der Waals surface area contributed by atoms with E-state index in [0.717, 1.165) is 12.8 Å². The first-order valence-corrected chi connectivity index (χ1v) is 5.26. The molecular formula is C11H8N2O4. The quantitative estimate of drug-likeness (QED) is 0.473. The van der Waals surface area contributed by atoms with Gasteiger partial charge in [0.2, 0.25) is 0 Å². The molecule has 1 aromatic rings. The van der Waals surface area contributed by atoms with Crippen LogP contribution >= 0.6 is 0 Å². The zero-order valence-electron chi connectivity index (χ0n) is 8.73. The third-order valence-corrected chi connectivity index (χ3v) is 3.10. The van der Waals surface area contributed by atoms with Gasteiger partial charge in [0.05, 0.1) is 16.1 Å². The predicted octanol–water partition coefficient (Wildman–Crippen LogP) is 1.36. The summed E-state index contributed by atoms with van der Waals surface area (Å²) in [5.41, 5.74) is 0.821. The molecule has 1 saturated carbocycles. The van der Waals surface area contributed by atoms with Crippen molar-refractivity contribution in [1.82, 2.24) is 5.32 Å². The van der Waals surface area contributed by atoms with Crippen molar-refractivity contribution in [3.8, 4) is 0 Å². The Morgan fingerprint density at radius 3 is 2.53 bits per heavy atom. The van der Waals surface area contributed by atoms with Gasteiger partial charge in [0.25, 0.3) is 17.5 Å². The minimum atomic E-state index is -0.518. The Labute approximate surface area is 95.8 Å². The standard InChI is InChI=1S/C11H8N2O4/c14-10-6-3-4-7(13(16)17)8(5-1-2-5)9(6)11(15)12-10/h3-5H,1-2H2,(H,12,14,15). The molecule has 3 rings (SSSR count). The molecule has 0 bridgehead atoms. The minimum absolute atomic E-state index is 0.0435. The maximum atomic E-state index is 11.6. The van der Waals surface area contributed by atoms with Crippen molar-refractivity contribution in [2.24, 2.45) is 0 Å².